The van der Waals surface area contributed by atoms with E-state index >= 15 is 0 Å². The molecule has 0 saturated carbocycles. The predicted octanol–water partition coefficient (Wildman–Crippen LogP) is 26.7. The maximum absolute atomic E-state index is 14.3. The summed E-state index contributed by atoms with van der Waals surface area (Å²) in [5.41, 5.74) is 1.45. The molecule has 99 heavy (non-hydrogen) atoms. The van der Waals surface area contributed by atoms with Crippen molar-refractivity contribution in [3.63, 3.8) is 0 Å². The number of rotatable bonds is 66. The van der Waals surface area contributed by atoms with Crippen LogP contribution in [0.25, 0.3) is 0 Å². The van der Waals surface area contributed by atoms with Gasteiger partial charge in [-0.25, -0.2) is 9.59 Å². The number of phenolic OH excluding ortho intramolecular Hbond substituents is 1. The topological polar surface area (TPSA) is 141 Å². The number of hydrogen-bond acceptors (Lipinski definition) is 12. The Labute approximate surface area is 603 Å². The van der Waals surface area contributed by atoms with Crippen LogP contribution in [0.1, 0.15) is 376 Å². The molecule has 0 unspecified atom stereocenters. The maximum Gasteiger partial charge on any atom is 0.343 e. The molecular formula is C87H139NO11. The molecule has 0 atom stereocenters. The summed E-state index contributed by atoms with van der Waals surface area (Å²) in [6.45, 7) is 16.5. The molecule has 0 spiro atoms. The van der Waals surface area contributed by atoms with Crippen molar-refractivity contribution in [2.24, 2.45) is 4.99 Å². The first-order valence-electron chi connectivity index (χ1n) is 40.8. The number of carbonyl (C=O) groups excluding carboxylic acids is 2. The van der Waals surface area contributed by atoms with Crippen molar-refractivity contribution in [2.75, 3.05) is 39.6 Å². The van der Waals surface area contributed by atoms with Crippen LogP contribution in [0, 0.1) is 0 Å². The lowest BCUT2D eigenvalue weighted by Crippen LogP contribution is -2.12. The number of aromatic hydroxyl groups is 1. The smallest absolute Gasteiger partial charge is 0.343 e. The van der Waals surface area contributed by atoms with E-state index in [1.807, 2.05) is 0 Å². The summed E-state index contributed by atoms with van der Waals surface area (Å²) in [5.74, 6) is 2.16. The van der Waals surface area contributed by atoms with Crippen LogP contribution in [0.4, 0.5) is 5.69 Å². The van der Waals surface area contributed by atoms with Crippen molar-refractivity contribution >= 4 is 23.8 Å². The Bertz CT molecular complexity index is 2600. The van der Waals surface area contributed by atoms with E-state index in [4.69, 9.17) is 37.9 Å². The number of nitrogens with zero attached hydrogens (tertiary/aromatic N) is 1. The van der Waals surface area contributed by atoms with Crippen molar-refractivity contribution in [3.05, 3.63) is 83.4 Å². The maximum atomic E-state index is 14.3. The Hall–Kier alpha value is -5.91. The fourth-order valence-corrected chi connectivity index (χ4v) is 12.4. The number of phenols is 1. The van der Waals surface area contributed by atoms with Crippen molar-refractivity contribution in [1.82, 2.24) is 0 Å². The molecule has 0 aliphatic heterocycles. The summed E-state index contributed by atoms with van der Waals surface area (Å²) in [7, 11) is 0. The number of benzene rings is 4. The Morgan fingerprint density at radius 1 is 0.313 bits per heavy atom. The molecule has 12 heteroatoms. The van der Waals surface area contributed by atoms with Gasteiger partial charge in [-0.05, 0) is 87.1 Å². The minimum absolute atomic E-state index is 0.133. The Morgan fingerprint density at radius 3 is 0.859 bits per heavy atom. The van der Waals surface area contributed by atoms with E-state index in [1.54, 1.807) is 60.7 Å². The van der Waals surface area contributed by atoms with Gasteiger partial charge in [0.05, 0.1) is 56.5 Å². The fraction of sp³-hybridized carbons (Fsp3) is 0.690. The van der Waals surface area contributed by atoms with E-state index in [9.17, 15) is 14.7 Å². The molecule has 0 aliphatic carbocycles. The van der Waals surface area contributed by atoms with Gasteiger partial charge in [0.2, 0.25) is 11.5 Å². The molecule has 558 valence electrons. The lowest BCUT2D eigenvalue weighted by Gasteiger charge is -2.19. The van der Waals surface area contributed by atoms with Crippen LogP contribution in [-0.4, -0.2) is 62.9 Å². The molecule has 0 aromatic heterocycles. The highest BCUT2D eigenvalue weighted by Gasteiger charge is 2.23. The lowest BCUT2D eigenvalue weighted by atomic mass is 10.1. The van der Waals surface area contributed by atoms with Crippen LogP contribution in [0.15, 0.2) is 71.7 Å². The van der Waals surface area contributed by atoms with Crippen LogP contribution >= 0.6 is 0 Å². The van der Waals surface area contributed by atoms with Gasteiger partial charge in [-0.3, -0.25) is 4.99 Å². The fourth-order valence-electron chi connectivity index (χ4n) is 12.4. The third kappa shape index (κ3) is 40.4. The van der Waals surface area contributed by atoms with Crippen LogP contribution in [-0.2, 0) is 0 Å². The number of aliphatic imine (C=N–C) groups is 1. The summed E-state index contributed by atoms with van der Waals surface area (Å²) in [4.78, 5) is 33.2. The van der Waals surface area contributed by atoms with E-state index in [0.29, 0.717) is 96.7 Å². The largest absolute Gasteiger partial charge is 0.507 e. The first kappa shape index (κ1) is 85.5. The quantitative estimate of drug-likeness (QED) is 0.0195. The predicted molar refractivity (Wildman–Crippen MR) is 413 cm³/mol. The third-order valence-electron chi connectivity index (χ3n) is 18.6. The van der Waals surface area contributed by atoms with E-state index in [2.05, 4.69) is 46.5 Å². The lowest BCUT2D eigenvalue weighted by molar-refractivity contribution is 0.0724. The standard InChI is InChI=1S/C87H139NO11/c1-7-13-19-25-31-37-43-49-60-92-80-66-74(67-81(93-61-50-44-38-32-26-20-14-8-2)84(80)96-64-53-47-41-35-29-23-17-11-5)86(90)98-77-57-55-56-76(70-77)88-72-73-58-59-78(71-79(73)89)99-87(91)75-68-82(94-62-51-45-39-33-27-21-15-9-3)85(97-65-54-48-42-36-30-24-18-12-6)83(69-75)95-63-52-46-40-34-28-22-16-10-4/h55-59,66-72,89H,7-54,60-65H2,1-6H3. The van der Waals surface area contributed by atoms with Crippen molar-refractivity contribution in [2.45, 2.75) is 350 Å². The van der Waals surface area contributed by atoms with Gasteiger partial charge in [0, 0.05) is 23.9 Å². The highest BCUT2D eigenvalue weighted by molar-refractivity contribution is 5.94. The van der Waals surface area contributed by atoms with E-state index in [1.165, 1.54) is 231 Å². The Morgan fingerprint density at radius 2 is 0.576 bits per heavy atom. The normalized spacial score (nSPS) is 11.4. The molecule has 0 heterocycles. The SMILES string of the molecule is CCCCCCCCCCOc1cc(C(=O)Oc2cccc(N=Cc3ccc(OC(=O)c4cc(OCCCCCCCCCC)c(OCCCCCCCCCC)c(OCCCCCCCCCC)c4)cc3O)c2)cc(OCCCCCCCCCC)c1OCCCCCCCCCC. The summed E-state index contributed by atoms with van der Waals surface area (Å²) in [6.07, 6.45) is 58.4. The second-order valence-corrected chi connectivity index (χ2v) is 27.8. The van der Waals surface area contributed by atoms with Gasteiger partial charge >= 0.3 is 11.9 Å². The molecule has 1 N–H and O–H groups in total. The van der Waals surface area contributed by atoms with Gasteiger partial charge in [-0.1, -0.05) is 317 Å². The summed E-state index contributed by atoms with van der Waals surface area (Å²) >= 11 is 0. The Balaban J connectivity index is 1.53. The zero-order valence-corrected chi connectivity index (χ0v) is 63.6. The van der Waals surface area contributed by atoms with Gasteiger partial charge in [-0.2, -0.15) is 0 Å². The monoisotopic (exact) mass is 1370 g/mol. The highest BCUT2D eigenvalue weighted by atomic mass is 16.6. The number of ether oxygens (including phenoxy) is 8. The molecule has 0 bridgehead atoms. The zero-order valence-electron chi connectivity index (χ0n) is 63.6. The first-order valence-corrected chi connectivity index (χ1v) is 40.8. The minimum Gasteiger partial charge on any atom is -0.507 e. The summed E-state index contributed by atoms with van der Waals surface area (Å²) in [6, 6.07) is 18.6. The molecule has 0 amide bonds. The molecule has 0 radical (unpaired) electrons. The average molecular weight is 1380 g/mol. The van der Waals surface area contributed by atoms with Crippen LogP contribution in [0.5, 0.6) is 51.7 Å². The molecule has 0 saturated heterocycles. The second kappa shape index (κ2) is 58.7. The molecule has 4 aromatic carbocycles. The summed E-state index contributed by atoms with van der Waals surface area (Å²) in [5, 5.41) is 11.4. The van der Waals surface area contributed by atoms with Gasteiger partial charge < -0.3 is 43.0 Å². The number of esters is 2. The van der Waals surface area contributed by atoms with Gasteiger partial charge in [0.25, 0.3) is 0 Å². The van der Waals surface area contributed by atoms with Crippen LogP contribution in [0.2, 0.25) is 0 Å². The van der Waals surface area contributed by atoms with Crippen LogP contribution < -0.4 is 37.9 Å². The molecule has 12 nitrogen and oxygen atoms in total. The number of hydrogen-bond donors (Lipinski definition) is 1. The molecule has 4 rings (SSSR count). The number of unbranched alkanes of at least 4 members (excludes halogenated alkanes) is 42. The molecular weight excluding hydrogens is 1230 g/mol. The van der Waals surface area contributed by atoms with Crippen molar-refractivity contribution in [1.29, 1.82) is 0 Å². The minimum atomic E-state index is -0.617. The second-order valence-electron chi connectivity index (χ2n) is 27.8. The zero-order chi connectivity index (χ0) is 70.7. The Kier molecular flexibility index (Phi) is 50.7. The molecule has 0 fully saturated rings. The number of carbonyl (C=O) groups is 2. The van der Waals surface area contributed by atoms with E-state index < -0.39 is 11.9 Å². The van der Waals surface area contributed by atoms with Crippen molar-refractivity contribution < 1.29 is 52.6 Å². The molecule has 0 aliphatic rings. The van der Waals surface area contributed by atoms with Crippen LogP contribution in [0.3, 0.4) is 0 Å². The summed E-state index contributed by atoms with van der Waals surface area (Å²) < 4.78 is 51.4. The van der Waals surface area contributed by atoms with E-state index in [0.717, 1.165) is 89.9 Å². The highest BCUT2D eigenvalue weighted by Crippen LogP contribution is 2.42. The average Bonchev–Trinajstić information content (AvgIpc) is 0.835. The van der Waals surface area contributed by atoms with Gasteiger partial charge in [-0.15, -0.1) is 0 Å². The van der Waals surface area contributed by atoms with E-state index in [-0.39, 0.29) is 17.1 Å². The van der Waals surface area contributed by atoms with Gasteiger partial charge in [0.1, 0.15) is 17.2 Å². The van der Waals surface area contributed by atoms with Gasteiger partial charge in [0.15, 0.2) is 23.0 Å². The molecule has 4 aromatic rings. The third-order valence-corrected chi connectivity index (χ3v) is 18.6. The first-order chi connectivity index (χ1) is 48.7. The van der Waals surface area contributed by atoms with Crippen molar-refractivity contribution in [3.8, 4) is 51.7 Å².